The molecule has 0 bridgehead atoms. The van der Waals surface area contributed by atoms with Gasteiger partial charge in [-0.2, -0.15) is 5.10 Å². The van der Waals surface area contributed by atoms with Gasteiger partial charge in [0.2, 0.25) is 10.0 Å². The average Bonchev–Trinajstić information content (AvgIpc) is 2.88. The molecule has 0 aliphatic carbocycles. The normalized spacial score (nSPS) is 11.5. The highest BCUT2D eigenvalue weighted by Crippen LogP contribution is 2.30. The van der Waals surface area contributed by atoms with Crippen molar-refractivity contribution in [2.75, 3.05) is 18.1 Å². The Balaban J connectivity index is 2.09. The van der Waals surface area contributed by atoms with Crippen molar-refractivity contribution in [3.05, 3.63) is 42.5 Å². The lowest BCUT2D eigenvalue weighted by atomic mass is 10.1. The number of H-pyrrole nitrogens is 1. The van der Waals surface area contributed by atoms with Crippen molar-refractivity contribution in [2.45, 2.75) is 0 Å². The van der Waals surface area contributed by atoms with Gasteiger partial charge in [-0.1, -0.05) is 12.1 Å². The first-order valence-electron chi connectivity index (χ1n) is 6.56. The molecule has 0 amide bonds. The van der Waals surface area contributed by atoms with Crippen molar-refractivity contribution >= 4 is 26.6 Å². The van der Waals surface area contributed by atoms with Crippen LogP contribution in [0.25, 0.3) is 22.2 Å². The molecule has 7 heteroatoms. The number of aromatic nitrogens is 2. The third-order valence-corrected chi connectivity index (χ3v) is 3.82. The van der Waals surface area contributed by atoms with Crippen LogP contribution in [0.2, 0.25) is 0 Å². The van der Waals surface area contributed by atoms with E-state index in [9.17, 15) is 8.42 Å². The fourth-order valence-corrected chi connectivity index (χ4v) is 2.84. The lowest BCUT2D eigenvalue weighted by Gasteiger charge is -2.06. The minimum absolute atomic E-state index is 0.499. The first-order valence-corrected chi connectivity index (χ1v) is 8.46. The van der Waals surface area contributed by atoms with E-state index in [1.54, 1.807) is 25.3 Å². The van der Waals surface area contributed by atoms with Crippen LogP contribution in [0.15, 0.2) is 42.5 Å². The number of rotatable bonds is 4. The summed E-state index contributed by atoms with van der Waals surface area (Å²) in [5, 5.41) is 8.20. The number of anilines is 1. The fourth-order valence-electron chi connectivity index (χ4n) is 2.28. The van der Waals surface area contributed by atoms with E-state index in [1.165, 1.54) is 0 Å². The predicted octanol–water partition coefficient (Wildman–Crippen LogP) is 2.61. The summed E-state index contributed by atoms with van der Waals surface area (Å²) in [5.74, 6) is 0.737. The molecule has 0 atom stereocenters. The fraction of sp³-hybridized carbons (Fsp3) is 0.133. The van der Waals surface area contributed by atoms with Gasteiger partial charge in [-0.05, 0) is 30.3 Å². The number of hydrogen-bond acceptors (Lipinski definition) is 4. The van der Waals surface area contributed by atoms with Crippen molar-refractivity contribution in [2.24, 2.45) is 0 Å². The number of nitrogens with one attached hydrogen (secondary N) is 2. The number of benzene rings is 2. The average molecular weight is 317 g/mol. The molecule has 0 aliphatic rings. The highest BCUT2D eigenvalue weighted by atomic mass is 32.2. The molecule has 0 radical (unpaired) electrons. The maximum absolute atomic E-state index is 11.3. The van der Waals surface area contributed by atoms with E-state index in [0.717, 1.165) is 34.2 Å². The largest absolute Gasteiger partial charge is 0.497 e. The van der Waals surface area contributed by atoms with Crippen LogP contribution < -0.4 is 9.46 Å². The summed E-state index contributed by atoms with van der Waals surface area (Å²) in [6.07, 6.45) is 1.12. The Kier molecular flexibility index (Phi) is 3.50. The van der Waals surface area contributed by atoms with Gasteiger partial charge in [0.1, 0.15) is 11.4 Å². The van der Waals surface area contributed by atoms with E-state index in [0.29, 0.717) is 5.69 Å². The second kappa shape index (κ2) is 5.34. The highest BCUT2D eigenvalue weighted by molar-refractivity contribution is 7.92. The molecule has 3 rings (SSSR count). The van der Waals surface area contributed by atoms with Gasteiger partial charge in [0.05, 0.1) is 18.9 Å². The molecule has 2 N–H and O–H groups in total. The summed E-state index contributed by atoms with van der Waals surface area (Å²) in [4.78, 5) is 0. The Morgan fingerprint density at radius 1 is 1.18 bits per heavy atom. The van der Waals surface area contributed by atoms with Gasteiger partial charge < -0.3 is 4.74 Å². The maximum Gasteiger partial charge on any atom is 0.229 e. The molecule has 2 aromatic carbocycles. The zero-order chi connectivity index (χ0) is 15.7. The Labute approximate surface area is 128 Å². The third-order valence-electron chi connectivity index (χ3n) is 3.21. The van der Waals surface area contributed by atoms with E-state index in [2.05, 4.69) is 14.9 Å². The Morgan fingerprint density at radius 2 is 2.00 bits per heavy atom. The summed E-state index contributed by atoms with van der Waals surface area (Å²) >= 11 is 0. The van der Waals surface area contributed by atoms with E-state index >= 15 is 0 Å². The molecule has 1 heterocycles. The lowest BCUT2D eigenvalue weighted by Crippen LogP contribution is -2.09. The van der Waals surface area contributed by atoms with E-state index in [4.69, 9.17) is 4.74 Å². The summed E-state index contributed by atoms with van der Waals surface area (Å²) in [5.41, 5.74) is 2.94. The first-order chi connectivity index (χ1) is 10.5. The smallest absolute Gasteiger partial charge is 0.229 e. The molecule has 1 aromatic heterocycles. The molecule has 114 valence electrons. The molecule has 0 unspecified atom stereocenters. The number of methoxy groups -OCH3 is 1. The van der Waals surface area contributed by atoms with Crippen molar-refractivity contribution in [1.82, 2.24) is 10.2 Å². The molecule has 3 aromatic rings. The monoisotopic (exact) mass is 317 g/mol. The highest BCUT2D eigenvalue weighted by Gasteiger charge is 2.10. The van der Waals surface area contributed by atoms with Gasteiger partial charge in [-0.15, -0.1) is 0 Å². The quantitative estimate of drug-likeness (QED) is 0.774. The number of fused-ring (bicyclic) bond motifs is 1. The van der Waals surface area contributed by atoms with Gasteiger partial charge in [0, 0.05) is 16.6 Å². The van der Waals surface area contributed by atoms with Crippen LogP contribution in [-0.2, 0) is 10.0 Å². The zero-order valence-electron chi connectivity index (χ0n) is 12.1. The Morgan fingerprint density at radius 3 is 2.73 bits per heavy atom. The molecule has 0 saturated heterocycles. The second-order valence-electron chi connectivity index (χ2n) is 4.94. The number of sulfonamides is 1. The topological polar surface area (TPSA) is 84.1 Å². The third kappa shape index (κ3) is 2.89. The SMILES string of the molecule is COc1ccc2[nH]nc(-c3cccc(NS(C)(=O)=O)c3)c2c1. The van der Waals surface area contributed by atoms with Crippen molar-refractivity contribution in [1.29, 1.82) is 0 Å². The van der Waals surface area contributed by atoms with Crippen LogP contribution in [0.3, 0.4) is 0 Å². The van der Waals surface area contributed by atoms with Gasteiger partial charge in [0.25, 0.3) is 0 Å². The maximum atomic E-state index is 11.3. The van der Waals surface area contributed by atoms with Crippen molar-refractivity contribution in [3.63, 3.8) is 0 Å². The zero-order valence-corrected chi connectivity index (χ0v) is 12.9. The molecule has 6 nitrogen and oxygen atoms in total. The molecule has 0 saturated carbocycles. The molecule has 22 heavy (non-hydrogen) atoms. The number of nitrogens with zero attached hydrogens (tertiary/aromatic N) is 1. The summed E-state index contributed by atoms with van der Waals surface area (Å²) in [6.45, 7) is 0. The standard InChI is InChI=1S/C15H15N3O3S/c1-21-12-6-7-14-13(9-12)15(17-16-14)10-4-3-5-11(8-10)18-22(2,19)20/h3-9,18H,1-2H3,(H,16,17). The molecule has 0 fully saturated rings. The van der Waals surface area contributed by atoms with Crippen LogP contribution >= 0.6 is 0 Å². The summed E-state index contributed by atoms with van der Waals surface area (Å²) < 4.78 is 30.4. The van der Waals surface area contributed by atoms with E-state index < -0.39 is 10.0 Å². The van der Waals surface area contributed by atoms with Crippen molar-refractivity contribution in [3.8, 4) is 17.0 Å². The Bertz CT molecular complexity index is 932. The predicted molar refractivity (Wildman–Crippen MR) is 86.5 cm³/mol. The van der Waals surface area contributed by atoms with Gasteiger partial charge in [-0.3, -0.25) is 9.82 Å². The van der Waals surface area contributed by atoms with Crippen molar-refractivity contribution < 1.29 is 13.2 Å². The first kappa shape index (κ1) is 14.4. The molecule has 0 aliphatic heterocycles. The Hall–Kier alpha value is -2.54. The van der Waals surface area contributed by atoms with Crippen LogP contribution in [0.4, 0.5) is 5.69 Å². The lowest BCUT2D eigenvalue weighted by molar-refractivity contribution is 0.415. The minimum atomic E-state index is -3.31. The number of ether oxygens (including phenoxy) is 1. The van der Waals surface area contributed by atoms with Crippen LogP contribution in [-0.4, -0.2) is 32.0 Å². The second-order valence-corrected chi connectivity index (χ2v) is 6.69. The van der Waals surface area contributed by atoms with E-state index in [-0.39, 0.29) is 0 Å². The molecular weight excluding hydrogens is 302 g/mol. The van der Waals surface area contributed by atoms with Crippen LogP contribution in [0.1, 0.15) is 0 Å². The summed E-state index contributed by atoms with van der Waals surface area (Å²) in [6, 6.07) is 12.7. The minimum Gasteiger partial charge on any atom is -0.497 e. The number of aromatic amines is 1. The van der Waals surface area contributed by atoms with Gasteiger partial charge >= 0.3 is 0 Å². The van der Waals surface area contributed by atoms with Crippen LogP contribution in [0, 0.1) is 0 Å². The van der Waals surface area contributed by atoms with Gasteiger partial charge in [0.15, 0.2) is 0 Å². The van der Waals surface area contributed by atoms with E-state index in [1.807, 2.05) is 24.3 Å². The molecule has 0 spiro atoms. The summed E-state index contributed by atoms with van der Waals surface area (Å²) in [7, 11) is -1.71. The van der Waals surface area contributed by atoms with Gasteiger partial charge in [-0.25, -0.2) is 8.42 Å². The number of hydrogen-bond donors (Lipinski definition) is 2. The molecular formula is C15H15N3O3S. The van der Waals surface area contributed by atoms with Crippen LogP contribution in [0.5, 0.6) is 5.75 Å².